The van der Waals surface area contributed by atoms with Crippen LogP contribution in [0, 0.1) is 34.3 Å². The summed E-state index contributed by atoms with van der Waals surface area (Å²) in [6.07, 6.45) is -4.35. The molecule has 3 amide bonds. The van der Waals surface area contributed by atoms with Crippen molar-refractivity contribution >= 4 is 23.7 Å². The SMILES string of the molecule is CC(C)(C)C(N)C(=O)NN(Cc1c(F)cc(-c2ccn(C(F)F)n2)cc1F)CC(O)C(Cc1ccc(C#Cc2ccc(N3CC4CCC(C3)N4C3COC3)nc2)cc1)NC(=O)C(NC(=O)O)C(C)(C)C(F)(F)F. The number of anilines is 1. The van der Waals surface area contributed by atoms with Crippen LogP contribution in [0.4, 0.5) is 41.3 Å². The van der Waals surface area contributed by atoms with E-state index in [1.54, 1.807) is 56.6 Å². The van der Waals surface area contributed by atoms with Crippen LogP contribution in [0.2, 0.25) is 0 Å². The molecule has 16 nitrogen and oxygen atoms in total. The third-order valence-corrected chi connectivity index (χ3v) is 13.7. The molecule has 3 aliphatic rings. The first-order chi connectivity index (χ1) is 34.3. The lowest BCUT2D eigenvalue weighted by atomic mass is 9.82. The van der Waals surface area contributed by atoms with Crippen molar-refractivity contribution in [1.82, 2.24) is 40.7 Å². The average molecular weight is 1030 g/mol. The van der Waals surface area contributed by atoms with Gasteiger partial charge in [0.15, 0.2) is 0 Å². The summed E-state index contributed by atoms with van der Waals surface area (Å²) in [7, 11) is 0. The first-order valence-electron chi connectivity index (χ1n) is 23.6. The highest BCUT2D eigenvalue weighted by Crippen LogP contribution is 2.41. The highest BCUT2D eigenvalue weighted by atomic mass is 19.4. The van der Waals surface area contributed by atoms with Gasteiger partial charge in [-0.05, 0) is 86.6 Å². The van der Waals surface area contributed by atoms with Gasteiger partial charge in [0.1, 0.15) is 23.5 Å². The molecule has 23 heteroatoms. The van der Waals surface area contributed by atoms with E-state index < -0.39 is 96.0 Å². The van der Waals surface area contributed by atoms with Crippen LogP contribution in [-0.2, 0) is 27.3 Å². The molecule has 2 aromatic carbocycles. The standard InChI is InChI=1S/C50H59F7N10O6/c1-48(2,3)42(58)44(69)63-65(24-35-36(51)19-31(20-37(35)52)38-16-17-66(62-38)46(53)54)25-40(68)39(60-45(70)43(61-47(71)72)49(4,5)50(55,56)57)18-29-9-6-28(7-10-29)8-11-30-12-15-41(59-21-30)64-22-32-13-14-33(23-64)67(32)34-26-73-27-34/h6-7,9-10,12,15-17,19-21,32-34,39-40,42-43,46,61,68H,13-14,18,22-27,58H2,1-5H3,(H,60,70)(H,63,69)(H,71,72). The number of hydrogen-bond donors (Lipinski definition) is 6. The van der Waals surface area contributed by atoms with Crippen LogP contribution in [0.1, 0.15) is 76.3 Å². The number of halogens is 7. The fourth-order valence-corrected chi connectivity index (χ4v) is 9.11. The maximum absolute atomic E-state index is 15.8. The number of benzene rings is 2. The third-order valence-electron chi connectivity index (χ3n) is 13.7. The van der Waals surface area contributed by atoms with Crippen molar-refractivity contribution < 1.29 is 60.1 Å². The Morgan fingerprint density at radius 2 is 1.51 bits per heavy atom. The van der Waals surface area contributed by atoms with E-state index in [4.69, 9.17) is 15.5 Å². The molecule has 0 saturated carbocycles. The van der Waals surface area contributed by atoms with Crippen molar-refractivity contribution in [3.63, 3.8) is 0 Å². The number of carbonyl (C=O) groups is 3. The highest BCUT2D eigenvalue weighted by molar-refractivity contribution is 5.86. The van der Waals surface area contributed by atoms with E-state index in [-0.39, 0.29) is 22.4 Å². The number of nitrogens with zero attached hydrogens (tertiary/aromatic N) is 6. The molecule has 2 bridgehead atoms. The molecule has 4 aromatic rings. The van der Waals surface area contributed by atoms with E-state index in [1.807, 2.05) is 12.1 Å². The first-order valence-corrected chi connectivity index (χ1v) is 23.6. The maximum Gasteiger partial charge on any atom is 0.405 e. The molecule has 3 aliphatic heterocycles. The Morgan fingerprint density at radius 1 is 0.890 bits per heavy atom. The quantitative estimate of drug-likeness (QED) is 0.0436. The number of pyridine rings is 1. The number of carbonyl (C=O) groups excluding carboxylic acids is 2. The monoisotopic (exact) mass is 1030 g/mol. The van der Waals surface area contributed by atoms with Crippen molar-refractivity contribution in [1.29, 1.82) is 0 Å². The molecule has 394 valence electrons. The van der Waals surface area contributed by atoms with E-state index >= 15 is 8.78 Å². The lowest BCUT2D eigenvalue weighted by Crippen LogP contribution is -2.62. The second-order valence-electron chi connectivity index (χ2n) is 20.3. The van der Waals surface area contributed by atoms with E-state index in [1.165, 1.54) is 0 Å². The maximum atomic E-state index is 15.8. The molecule has 7 rings (SSSR count). The van der Waals surface area contributed by atoms with E-state index in [2.05, 4.69) is 37.5 Å². The summed E-state index contributed by atoms with van der Waals surface area (Å²) in [5.74, 6) is 2.27. The minimum atomic E-state index is -5.11. The van der Waals surface area contributed by atoms with Crippen LogP contribution in [0.15, 0.2) is 67.0 Å². The van der Waals surface area contributed by atoms with Crippen LogP contribution in [0.25, 0.3) is 11.3 Å². The fraction of sp³-hybridized carbons (Fsp3) is 0.500. The second-order valence-corrected chi connectivity index (χ2v) is 20.3. The minimum Gasteiger partial charge on any atom is -0.465 e. The summed E-state index contributed by atoms with van der Waals surface area (Å²) in [6.45, 7) is 4.89. The number of rotatable bonds is 17. The summed E-state index contributed by atoms with van der Waals surface area (Å²) in [5, 5.41) is 30.0. The normalized spacial score (nSPS) is 19.2. The molecule has 73 heavy (non-hydrogen) atoms. The van der Waals surface area contributed by atoms with E-state index in [0.29, 0.717) is 48.7 Å². The molecule has 0 aliphatic carbocycles. The Labute approximate surface area is 417 Å². The van der Waals surface area contributed by atoms with Crippen molar-refractivity contribution in [2.75, 3.05) is 37.7 Å². The minimum absolute atomic E-state index is 0.182. The number of nitrogens with one attached hydrogen (secondary N) is 3. The summed E-state index contributed by atoms with van der Waals surface area (Å²) < 4.78 is 107. The molecule has 6 atom stereocenters. The van der Waals surface area contributed by atoms with Crippen LogP contribution in [0.5, 0.6) is 0 Å². The zero-order chi connectivity index (χ0) is 53.2. The Hall–Kier alpha value is -6.32. The number of amides is 3. The summed E-state index contributed by atoms with van der Waals surface area (Å²) in [6, 6.07) is 9.20. The molecule has 3 saturated heterocycles. The number of aromatic nitrogens is 3. The number of hydrazine groups is 1. The van der Waals surface area contributed by atoms with Gasteiger partial charge in [-0.25, -0.2) is 28.3 Å². The van der Waals surface area contributed by atoms with Gasteiger partial charge in [-0.3, -0.25) is 19.9 Å². The topological polar surface area (TPSA) is 203 Å². The Bertz CT molecular complexity index is 2630. The smallest absolute Gasteiger partial charge is 0.405 e. The number of alkyl halides is 5. The molecule has 6 unspecified atom stereocenters. The predicted octanol–water partition coefficient (Wildman–Crippen LogP) is 5.59. The molecule has 0 spiro atoms. The van der Waals surface area contributed by atoms with Gasteiger partial charge in [-0.1, -0.05) is 44.7 Å². The van der Waals surface area contributed by atoms with Crippen molar-refractivity contribution in [3.8, 4) is 23.1 Å². The lowest BCUT2D eigenvalue weighted by molar-refractivity contribution is -0.220. The van der Waals surface area contributed by atoms with Gasteiger partial charge >= 0.3 is 18.8 Å². The summed E-state index contributed by atoms with van der Waals surface area (Å²) >= 11 is 0. The number of nitrogens with two attached hydrogens (primary N) is 1. The highest BCUT2D eigenvalue weighted by Gasteiger charge is 2.56. The van der Waals surface area contributed by atoms with Crippen molar-refractivity contribution in [3.05, 3.63) is 101 Å². The number of hydrogen-bond acceptors (Lipinski definition) is 11. The summed E-state index contributed by atoms with van der Waals surface area (Å²) in [4.78, 5) is 48.7. The Morgan fingerprint density at radius 3 is 2.03 bits per heavy atom. The van der Waals surface area contributed by atoms with Crippen LogP contribution < -0.4 is 26.7 Å². The number of piperazine rings is 1. The van der Waals surface area contributed by atoms with Gasteiger partial charge in [0.25, 0.3) is 5.91 Å². The lowest BCUT2D eigenvalue weighted by Gasteiger charge is -2.47. The molecule has 2 aromatic heterocycles. The number of carboxylic acid groups (broad SMARTS) is 1. The molecule has 3 fully saturated rings. The molecule has 0 radical (unpaired) electrons. The third kappa shape index (κ3) is 12.9. The van der Waals surface area contributed by atoms with Crippen molar-refractivity contribution in [2.45, 2.75) is 116 Å². The van der Waals surface area contributed by atoms with Gasteiger partial charge in [0.05, 0.1) is 48.6 Å². The van der Waals surface area contributed by atoms with Gasteiger partial charge < -0.3 is 36.2 Å². The van der Waals surface area contributed by atoms with Gasteiger partial charge in [0.2, 0.25) is 5.91 Å². The molecular weight excluding hydrogens is 970 g/mol. The van der Waals surface area contributed by atoms with Crippen LogP contribution >= 0.6 is 0 Å². The largest absolute Gasteiger partial charge is 0.465 e. The Kier molecular flexibility index (Phi) is 16.4. The Balaban J connectivity index is 1.12. The van der Waals surface area contributed by atoms with Gasteiger partial charge in [-0.2, -0.15) is 27.1 Å². The zero-order valence-corrected chi connectivity index (χ0v) is 40.8. The predicted molar refractivity (Wildman–Crippen MR) is 253 cm³/mol. The van der Waals surface area contributed by atoms with E-state index in [0.717, 1.165) is 74.4 Å². The molecular formula is C50H59F7N10O6. The average Bonchev–Trinajstić information content (AvgIpc) is 3.89. The number of aliphatic hydroxyl groups is 1. The van der Waals surface area contributed by atoms with Gasteiger partial charge in [0, 0.05) is 72.9 Å². The summed E-state index contributed by atoms with van der Waals surface area (Å²) in [5.41, 5.74) is 5.36. The number of aliphatic hydroxyl groups excluding tert-OH is 1. The van der Waals surface area contributed by atoms with Crippen LogP contribution in [-0.4, -0.2) is 134 Å². The molecule has 7 N–H and O–H groups in total. The van der Waals surface area contributed by atoms with E-state index in [9.17, 15) is 46.5 Å². The first kappa shape index (κ1) is 54.5. The fourth-order valence-electron chi connectivity index (χ4n) is 9.11. The van der Waals surface area contributed by atoms with Crippen LogP contribution in [0.3, 0.4) is 0 Å². The zero-order valence-electron chi connectivity index (χ0n) is 40.8. The second kappa shape index (κ2) is 22.0. The van der Waals surface area contributed by atoms with Crippen molar-refractivity contribution in [2.24, 2.45) is 16.6 Å². The van der Waals surface area contributed by atoms with Gasteiger partial charge in [-0.15, -0.1) is 0 Å². The molecule has 5 heterocycles. The number of ether oxygens (including phenoxy) is 1. The number of fused-ring (bicyclic) bond motifs is 2.